The molecule has 1 heteroatoms. The molecular formula is C8H17N. The van der Waals surface area contributed by atoms with E-state index in [-0.39, 0.29) is 0 Å². The first-order valence-electron chi connectivity index (χ1n) is 3.92. The highest BCUT2D eigenvalue weighted by atomic mass is 15.3. The topological polar surface area (TPSA) is 3.01 Å². The number of nitrogens with zero attached hydrogens (tertiary/aromatic N) is 1. The van der Waals surface area contributed by atoms with Crippen molar-refractivity contribution in [1.29, 1.82) is 0 Å². The number of hydrogen-bond donors (Lipinski definition) is 0. The predicted octanol–water partition coefficient (Wildman–Crippen LogP) is 1.88. The Bertz CT molecular complexity index is 96.7. The van der Waals surface area contributed by atoms with Crippen LogP contribution in [0.5, 0.6) is 0 Å². The van der Waals surface area contributed by atoms with Crippen LogP contribution in [0.2, 0.25) is 0 Å². The largest absolute Gasteiger partial charge is 0.295 e. The molecule has 1 saturated heterocycles. The Morgan fingerprint density at radius 2 is 2.00 bits per heavy atom. The molecule has 0 radical (unpaired) electrons. The van der Waals surface area contributed by atoms with Gasteiger partial charge in [0.25, 0.3) is 0 Å². The van der Waals surface area contributed by atoms with Crippen LogP contribution in [0.3, 0.4) is 0 Å². The van der Waals surface area contributed by atoms with Crippen LogP contribution in [0.15, 0.2) is 0 Å². The Hall–Kier alpha value is -0.0400. The van der Waals surface area contributed by atoms with Crippen LogP contribution in [-0.2, 0) is 0 Å². The molecule has 1 aliphatic heterocycles. The molecule has 0 aliphatic carbocycles. The van der Waals surface area contributed by atoms with E-state index in [1.807, 2.05) is 0 Å². The highest BCUT2D eigenvalue weighted by Crippen LogP contribution is 2.30. The van der Waals surface area contributed by atoms with Crippen LogP contribution in [0.1, 0.15) is 33.6 Å². The summed E-state index contributed by atoms with van der Waals surface area (Å²) in [6.45, 7) is 9.48. The average Bonchev–Trinajstić information content (AvgIpc) is 2.35. The third-order valence-corrected chi connectivity index (χ3v) is 2.11. The minimum absolute atomic E-state index is 0.551. The van der Waals surface area contributed by atoms with E-state index in [9.17, 15) is 0 Å². The van der Waals surface area contributed by atoms with Crippen LogP contribution in [-0.4, -0.2) is 23.5 Å². The van der Waals surface area contributed by atoms with Gasteiger partial charge in [-0.15, -0.1) is 0 Å². The lowest BCUT2D eigenvalue weighted by atomic mass is 10.2. The van der Waals surface area contributed by atoms with Crippen LogP contribution in [0, 0.1) is 0 Å². The molecule has 0 aromatic heterocycles. The molecule has 0 aromatic rings. The van der Waals surface area contributed by atoms with Crippen molar-refractivity contribution in [3.05, 3.63) is 0 Å². The summed E-state index contributed by atoms with van der Waals surface area (Å²) in [7, 11) is 0. The second-order valence-electron chi connectivity index (χ2n) is 3.59. The molecule has 1 nitrogen and oxygen atoms in total. The molecule has 0 saturated carbocycles. The van der Waals surface area contributed by atoms with Crippen LogP contribution < -0.4 is 0 Å². The van der Waals surface area contributed by atoms with Crippen molar-refractivity contribution in [3.63, 3.8) is 0 Å². The molecule has 1 aliphatic rings. The van der Waals surface area contributed by atoms with Crippen molar-refractivity contribution in [3.8, 4) is 0 Å². The van der Waals surface area contributed by atoms with Crippen molar-refractivity contribution in [2.45, 2.75) is 39.2 Å². The van der Waals surface area contributed by atoms with Crippen molar-refractivity contribution < 1.29 is 0 Å². The van der Waals surface area contributed by atoms with Gasteiger partial charge < -0.3 is 0 Å². The van der Waals surface area contributed by atoms with E-state index in [1.54, 1.807) is 0 Å². The highest BCUT2D eigenvalue weighted by Gasteiger charge is 2.41. The summed E-state index contributed by atoms with van der Waals surface area (Å²) >= 11 is 0. The lowest BCUT2D eigenvalue weighted by Crippen LogP contribution is -2.09. The third kappa shape index (κ3) is 1.68. The molecule has 1 unspecified atom stereocenters. The standard InChI is InChI=1S/C8H17N/c1-4-5-6-9-7-8(9,2)3/h4-7H2,1-3H3. The van der Waals surface area contributed by atoms with Gasteiger partial charge >= 0.3 is 0 Å². The summed E-state index contributed by atoms with van der Waals surface area (Å²) in [6.07, 6.45) is 2.69. The smallest absolute Gasteiger partial charge is 0.0281 e. The van der Waals surface area contributed by atoms with Crippen molar-refractivity contribution >= 4 is 0 Å². The van der Waals surface area contributed by atoms with Crippen molar-refractivity contribution in [1.82, 2.24) is 4.90 Å². The van der Waals surface area contributed by atoms with Crippen molar-refractivity contribution in [2.24, 2.45) is 0 Å². The zero-order valence-corrected chi connectivity index (χ0v) is 6.78. The Morgan fingerprint density at radius 3 is 2.33 bits per heavy atom. The van der Waals surface area contributed by atoms with Gasteiger partial charge in [0.15, 0.2) is 0 Å². The molecule has 1 heterocycles. The van der Waals surface area contributed by atoms with Crippen LogP contribution in [0.25, 0.3) is 0 Å². The summed E-state index contributed by atoms with van der Waals surface area (Å²) in [4.78, 5) is 2.52. The second kappa shape index (κ2) is 2.30. The zero-order chi connectivity index (χ0) is 6.91. The Balaban J connectivity index is 2.06. The first kappa shape index (κ1) is 7.07. The second-order valence-corrected chi connectivity index (χ2v) is 3.59. The molecule has 0 N–H and O–H groups in total. The highest BCUT2D eigenvalue weighted by molar-refractivity contribution is 4.98. The van der Waals surface area contributed by atoms with Gasteiger partial charge in [-0.2, -0.15) is 0 Å². The van der Waals surface area contributed by atoms with Gasteiger partial charge in [-0.3, -0.25) is 4.90 Å². The average molecular weight is 127 g/mol. The number of rotatable bonds is 3. The van der Waals surface area contributed by atoms with Crippen molar-refractivity contribution in [2.75, 3.05) is 13.1 Å². The normalized spacial score (nSPS) is 30.3. The fraction of sp³-hybridized carbons (Fsp3) is 1.00. The number of unbranched alkanes of at least 4 members (excludes halogenated alkanes) is 1. The molecule has 0 amide bonds. The van der Waals surface area contributed by atoms with Gasteiger partial charge in [-0.1, -0.05) is 13.3 Å². The van der Waals surface area contributed by atoms with Gasteiger partial charge in [0.2, 0.25) is 0 Å². The van der Waals surface area contributed by atoms with Gasteiger partial charge in [-0.05, 0) is 26.8 Å². The molecule has 9 heavy (non-hydrogen) atoms. The first-order chi connectivity index (χ1) is 4.17. The Morgan fingerprint density at radius 1 is 1.44 bits per heavy atom. The summed E-state index contributed by atoms with van der Waals surface area (Å²) < 4.78 is 0. The molecule has 1 rings (SSSR count). The fourth-order valence-electron chi connectivity index (χ4n) is 1.16. The van der Waals surface area contributed by atoms with Crippen LogP contribution >= 0.6 is 0 Å². The summed E-state index contributed by atoms with van der Waals surface area (Å²) in [5.74, 6) is 0. The fourth-order valence-corrected chi connectivity index (χ4v) is 1.16. The van der Waals surface area contributed by atoms with Gasteiger partial charge in [0.05, 0.1) is 0 Å². The molecule has 0 bridgehead atoms. The molecule has 1 fully saturated rings. The summed E-state index contributed by atoms with van der Waals surface area (Å²) in [5.41, 5.74) is 0.551. The Labute approximate surface area is 58.0 Å². The van der Waals surface area contributed by atoms with E-state index in [0.29, 0.717) is 5.54 Å². The first-order valence-corrected chi connectivity index (χ1v) is 3.92. The summed E-state index contributed by atoms with van der Waals surface area (Å²) in [6, 6.07) is 0. The molecule has 54 valence electrons. The summed E-state index contributed by atoms with van der Waals surface area (Å²) in [5, 5.41) is 0. The minimum Gasteiger partial charge on any atom is -0.295 e. The number of hydrogen-bond acceptors (Lipinski definition) is 1. The maximum Gasteiger partial charge on any atom is 0.0281 e. The minimum atomic E-state index is 0.551. The molecular weight excluding hydrogens is 110 g/mol. The molecule has 0 aromatic carbocycles. The SMILES string of the molecule is CCCCN1CC1(C)C. The van der Waals surface area contributed by atoms with E-state index < -0.39 is 0 Å². The maximum atomic E-state index is 2.52. The lowest BCUT2D eigenvalue weighted by molar-refractivity contribution is 0.434. The van der Waals surface area contributed by atoms with E-state index in [2.05, 4.69) is 25.7 Å². The Kier molecular flexibility index (Phi) is 1.80. The monoisotopic (exact) mass is 127 g/mol. The maximum absolute atomic E-state index is 2.52. The predicted molar refractivity (Wildman–Crippen MR) is 40.6 cm³/mol. The quantitative estimate of drug-likeness (QED) is 0.523. The van der Waals surface area contributed by atoms with E-state index in [1.165, 1.54) is 25.9 Å². The van der Waals surface area contributed by atoms with E-state index in [4.69, 9.17) is 0 Å². The van der Waals surface area contributed by atoms with E-state index in [0.717, 1.165) is 0 Å². The lowest BCUT2D eigenvalue weighted by Gasteiger charge is -2.03. The van der Waals surface area contributed by atoms with E-state index >= 15 is 0 Å². The van der Waals surface area contributed by atoms with Gasteiger partial charge in [0.1, 0.15) is 0 Å². The van der Waals surface area contributed by atoms with Gasteiger partial charge in [-0.25, -0.2) is 0 Å². The zero-order valence-electron chi connectivity index (χ0n) is 6.78. The van der Waals surface area contributed by atoms with Crippen LogP contribution in [0.4, 0.5) is 0 Å². The van der Waals surface area contributed by atoms with Gasteiger partial charge in [0, 0.05) is 12.1 Å². The third-order valence-electron chi connectivity index (χ3n) is 2.11. The molecule has 1 atom stereocenters. The molecule has 0 spiro atoms.